The summed E-state index contributed by atoms with van der Waals surface area (Å²) in [5.74, 6) is -2.01. The van der Waals surface area contributed by atoms with Crippen LogP contribution in [-0.2, 0) is 9.59 Å². The Labute approximate surface area is 133 Å². The zero-order valence-electron chi connectivity index (χ0n) is 12.0. The molecule has 9 heteroatoms. The number of alkyl halides is 3. The Morgan fingerprint density at radius 1 is 1.43 bits per heavy atom. The Bertz CT molecular complexity index is 621. The van der Waals surface area contributed by atoms with Crippen LogP contribution in [0.25, 0.3) is 0 Å². The second kappa shape index (κ2) is 6.77. The summed E-state index contributed by atoms with van der Waals surface area (Å²) in [5, 5.41) is -0.0596. The van der Waals surface area contributed by atoms with E-state index in [0.717, 1.165) is 23.9 Å². The highest BCUT2D eigenvalue weighted by Crippen LogP contribution is 2.32. The summed E-state index contributed by atoms with van der Waals surface area (Å²) >= 11 is 1.10. The number of rotatable bonds is 4. The quantitative estimate of drug-likeness (QED) is 0.781. The molecule has 1 aromatic carbocycles. The van der Waals surface area contributed by atoms with Gasteiger partial charge < -0.3 is 9.64 Å². The molecule has 4 nitrogen and oxygen atoms in total. The normalized spacial score (nSPS) is 18.4. The van der Waals surface area contributed by atoms with E-state index in [9.17, 15) is 27.2 Å². The first-order valence-electron chi connectivity index (χ1n) is 6.64. The van der Waals surface area contributed by atoms with Crippen molar-refractivity contribution < 1.29 is 31.9 Å². The number of hydrogen-bond acceptors (Lipinski definition) is 4. The van der Waals surface area contributed by atoms with Crippen molar-refractivity contribution in [3.63, 3.8) is 0 Å². The molecule has 1 atom stereocenters. The lowest BCUT2D eigenvalue weighted by Gasteiger charge is -2.18. The highest BCUT2D eigenvalue weighted by Gasteiger charge is 2.34. The van der Waals surface area contributed by atoms with Gasteiger partial charge in [-0.25, -0.2) is 4.39 Å². The number of ether oxygens (including phenoxy) is 1. The van der Waals surface area contributed by atoms with Gasteiger partial charge in [0.05, 0.1) is 0 Å². The van der Waals surface area contributed by atoms with E-state index >= 15 is 0 Å². The molecular formula is C14H13F4NO3S. The highest BCUT2D eigenvalue weighted by atomic mass is 32.2. The smallest absolute Gasteiger partial charge is 0.403 e. The Morgan fingerprint density at radius 3 is 2.70 bits per heavy atom. The van der Waals surface area contributed by atoms with Crippen molar-refractivity contribution in [1.29, 1.82) is 0 Å². The largest absolute Gasteiger partial charge is 0.573 e. The third-order valence-corrected chi connectivity index (χ3v) is 4.22. The summed E-state index contributed by atoms with van der Waals surface area (Å²) in [6.07, 6.45) is -4.77. The third kappa shape index (κ3) is 4.85. The first-order chi connectivity index (χ1) is 10.7. The molecule has 0 bridgehead atoms. The maximum absolute atomic E-state index is 13.7. The van der Waals surface area contributed by atoms with Gasteiger partial charge in [0.2, 0.25) is 5.91 Å². The van der Waals surface area contributed by atoms with Gasteiger partial charge in [-0.3, -0.25) is 9.59 Å². The van der Waals surface area contributed by atoms with Crippen LogP contribution in [0.4, 0.5) is 23.2 Å². The minimum Gasteiger partial charge on any atom is -0.403 e. The zero-order valence-corrected chi connectivity index (χ0v) is 12.8. The van der Waals surface area contributed by atoms with Crippen molar-refractivity contribution in [2.75, 3.05) is 17.2 Å². The van der Waals surface area contributed by atoms with Crippen molar-refractivity contribution in [1.82, 2.24) is 0 Å². The monoisotopic (exact) mass is 351 g/mol. The molecule has 1 saturated heterocycles. The number of anilines is 1. The van der Waals surface area contributed by atoms with E-state index in [1.165, 1.54) is 17.9 Å². The fourth-order valence-corrected chi connectivity index (χ4v) is 2.94. The summed E-state index contributed by atoms with van der Waals surface area (Å²) < 4.78 is 53.6. The molecule has 0 spiro atoms. The van der Waals surface area contributed by atoms with Crippen LogP contribution >= 0.6 is 11.8 Å². The van der Waals surface area contributed by atoms with Crippen LogP contribution in [-0.4, -0.2) is 29.7 Å². The lowest BCUT2D eigenvalue weighted by Crippen LogP contribution is -2.25. The summed E-state index contributed by atoms with van der Waals surface area (Å²) in [6.45, 7) is 1.71. The molecular weight excluding hydrogens is 338 g/mol. The van der Waals surface area contributed by atoms with Crippen molar-refractivity contribution >= 4 is 28.5 Å². The number of carbonyl (C=O) groups is 2. The Balaban J connectivity index is 2.08. The SMILES string of the molecule is CC(=O)SCC1CC(=O)N(c2ccc(OC(F)(F)F)c(F)c2)C1. The fourth-order valence-electron chi connectivity index (χ4n) is 2.24. The third-order valence-electron chi connectivity index (χ3n) is 3.18. The van der Waals surface area contributed by atoms with Gasteiger partial charge in [0, 0.05) is 37.4 Å². The second-order valence-corrected chi connectivity index (χ2v) is 6.24. The van der Waals surface area contributed by atoms with E-state index in [4.69, 9.17) is 0 Å². The van der Waals surface area contributed by atoms with E-state index in [1.54, 1.807) is 0 Å². The number of nitrogens with zero attached hydrogens (tertiary/aromatic N) is 1. The molecule has 1 fully saturated rings. The fraction of sp³-hybridized carbons (Fsp3) is 0.429. The molecule has 0 N–H and O–H groups in total. The molecule has 1 aromatic rings. The Morgan fingerprint density at radius 2 is 2.13 bits per heavy atom. The average molecular weight is 351 g/mol. The standard InChI is InChI=1S/C14H13F4NO3S/c1-8(20)23-7-9-4-13(21)19(6-9)10-2-3-12(11(15)5-10)22-14(16,17)18/h2-3,5,9H,4,6-7H2,1H3. The number of amides is 1. The zero-order chi connectivity index (χ0) is 17.2. The molecule has 0 aromatic heterocycles. The minimum absolute atomic E-state index is 0.0596. The number of carbonyl (C=O) groups excluding carboxylic acids is 2. The van der Waals surface area contributed by atoms with Crippen molar-refractivity contribution in [2.45, 2.75) is 19.7 Å². The Hall–Kier alpha value is -1.77. The maximum Gasteiger partial charge on any atom is 0.573 e. The van der Waals surface area contributed by atoms with Crippen LogP contribution in [0.5, 0.6) is 5.75 Å². The van der Waals surface area contributed by atoms with Crippen LogP contribution in [0.2, 0.25) is 0 Å². The van der Waals surface area contributed by atoms with E-state index in [1.807, 2.05) is 0 Å². The summed E-state index contributed by atoms with van der Waals surface area (Å²) in [7, 11) is 0. The van der Waals surface area contributed by atoms with Gasteiger partial charge in [-0.2, -0.15) is 0 Å². The molecule has 1 aliphatic rings. The molecule has 1 amide bonds. The molecule has 1 unspecified atom stereocenters. The number of benzene rings is 1. The molecule has 126 valence electrons. The summed E-state index contributed by atoms with van der Waals surface area (Å²) in [4.78, 5) is 24.2. The Kier molecular flexibility index (Phi) is 5.18. The van der Waals surface area contributed by atoms with Gasteiger partial charge in [-0.05, 0) is 18.1 Å². The van der Waals surface area contributed by atoms with Crippen molar-refractivity contribution in [3.8, 4) is 5.75 Å². The molecule has 23 heavy (non-hydrogen) atoms. The topological polar surface area (TPSA) is 46.6 Å². The number of thioether (sulfide) groups is 1. The van der Waals surface area contributed by atoms with Crippen LogP contribution in [0, 0.1) is 11.7 Å². The lowest BCUT2D eigenvalue weighted by atomic mass is 10.1. The van der Waals surface area contributed by atoms with Crippen LogP contribution in [0.15, 0.2) is 18.2 Å². The van der Waals surface area contributed by atoms with Gasteiger partial charge in [-0.15, -0.1) is 13.2 Å². The maximum atomic E-state index is 13.7. The predicted molar refractivity (Wildman–Crippen MR) is 76.7 cm³/mol. The average Bonchev–Trinajstić information content (AvgIpc) is 2.79. The van der Waals surface area contributed by atoms with Gasteiger partial charge in [0.25, 0.3) is 0 Å². The number of halogens is 4. The highest BCUT2D eigenvalue weighted by molar-refractivity contribution is 8.13. The molecule has 0 saturated carbocycles. The second-order valence-electron chi connectivity index (χ2n) is 5.04. The van der Waals surface area contributed by atoms with Gasteiger partial charge >= 0.3 is 6.36 Å². The summed E-state index contributed by atoms with van der Waals surface area (Å²) in [6, 6.07) is 2.87. The molecule has 2 rings (SSSR count). The summed E-state index contributed by atoms with van der Waals surface area (Å²) in [5.41, 5.74) is 0.164. The minimum atomic E-state index is -4.99. The van der Waals surface area contributed by atoms with Crippen molar-refractivity contribution in [2.24, 2.45) is 5.92 Å². The first kappa shape index (κ1) is 17.6. The van der Waals surface area contributed by atoms with Gasteiger partial charge in [0.1, 0.15) is 0 Å². The van der Waals surface area contributed by atoms with Crippen LogP contribution < -0.4 is 9.64 Å². The van der Waals surface area contributed by atoms with E-state index in [-0.39, 0.29) is 35.6 Å². The molecule has 0 radical (unpaired) electrons. The molecule has 1 heterocycles. The lowest BCUT2D eigenvalue weighted by molar-refractivity contribution is -0.275. The van der Waals surface area contributed by atoms with E-state index < -0.39 is 17.9 Å². The first-order valence-corrected chi connectivity index (χ1v) is 7.63. The van der Waals surface area contributed by atoms with Gasteiger partial charge in [-0.1, -0.05) is 11.8 Å². The van der Waals surface area contributed by atoms with Crippen molar-refractivity contribution in [3.05, 3.63) is 24.0 Å². The van der Waals surface area contributed by atoms with E-state index in [2.05, 4.69) is 4.74 Å². The van der Waals surface area contributed by atoms with Crippen LogP contribution in [0.3, 0.4) is 0 Å². The van der Waals surface area contributed by atoms with Crippen LogP contribution in [0.1, 0.15) is 13.3 Å². The molecule has 0 aliphatic carbocycles. The van der Waals surface area contributed by atoms with Gasteiger partial charge in [0.15, 0.2) is 16.7 Å². The predicted octanol–water partition coefficient (Wildman–Crippen LogP) is 3.36. The van der Waals surface area contributed by atoms with E-state index in [0.29, 0.717) is 5.75 Å². The number of hydrogen-bond donors (Lipinski definition) is 0. The molecule has 1 aliphatic heterocycles.